The minimum absolute atomic E-state index is 0.445. The third-order valence-corrected chi connectivity index (χ3v) is 3.53. The Morgan fingerprint density at radius 2 is 2.00 bits per heavy atom. The van der Waals surface area contributed by atoms with Gasteiger partial charge < -0.3 is 19.9 Å². The summed E-state index contributed by atoms with van der Waals surface area (Å²) in [5, 5.41) is 0. The summed E-state index contributed by atoms with van der Waals surface area (Å²) < 4.78 is 17.2. The van der Waals surface area contributed by atoms with Crippen LogP contribution in [0.2, 0.25) is 0 Å². The van der Waals surface area contributed by atoms with Crippen LogP contribution in [-0.4, -0.2) is 26.9 Å². The summed E-state index contributed by atoms with van der Waals surface area (Å²) in [6.45, 7) is 6.02. The Labute approximate surface area is 114 Å². The number of benzene rings is 1. The highest BCUT2D eigenvalue weighted by Crippen LogP contribution is 2.40. The van der Waals surface area contributed by atoms with E-state index in [4.69, 9.17) is 19.9 Å². The zero-order valence-corrected chi connectivity index (χ0v) is 11.9. The summed E-state index contributed by atoms with van der Waals surface area (Å²) >= 11 is 0. The van der Waals surface area contributed by atoms with E-state index in [0.29, 0.717) is 32.1 Å². The van der Waals surface area contributed by atoms with Gasteiger partial charge in [0.15, 0.2) is 5.79 Å². The molecule has 2 rings (SSSR count). The molecule has 106 valence electrons. The van der Waals surface area contributed by atoms with Crippen molar-refractivity contribution in [2.24, 2.45) is 5.73 Å². The molecule has 1 aliphatic heterocycles. The van der Waals surface area contributed by atoms with E-state index in [9.17, 15) is 0 Å². The highest BCUT2D eigenvalue weighted by molar-refractivity contribution is 5.41. The summed E-state index contributed by atoms with van der Waals surface area (Å²) in [6, 6.07) is 6.18. The first kappa shape index (κ1) is 14.3. The lowest BCUT2D eigenvalue weighted by atomic mass is 9.94. The van der Waals surface area contributed by atoms with E-state index >= 15 is 0 Å². The molecule has 4 nitrogen and oxygen atoms in total. The van der Waals surface area contributed by atoms with E-state index in [-0.39, 0.29) is 0 Å². The molecule has 0 unspecified atom stereocenters. The average Bonchev–Trinajstić information content (AvgIpc) is 2.88. The van der Waals surface area contributed by atoms with Crippen molar-refractivity contribution in [2.75, 3.05) is 26.9 Å². The number of methoxy groups -OCH3 is 1. The van der Waals surface area contributed by atoms with Gasteiger partial charge in [-0.2, -0.15) is 0 Å². The molecule has 1 fully saturated rings. The molecular weight excluding hydrogens is 242 g/mol. The van der Waals surface area contributed by atoms with Crippen LogP contribution in [0.1, 0.15) is 37.3 Å². The third-order valence-electron chi connectivity index (χ3n) is 3.53. The minimum Gasteiger partial charge on any atom is -0.496 e. The molecule has 0 bridgehead atoms. The highest BCUT2D eigenvalue weighted by Gasteiger charge is 2.40. The molecular formula is C15H23NO3. The molecule has 1 saturated heterocycles. The van der Waals surface area contributed by atoms with Crippen LogP contribution < -0.4 is 10.5 Å². The summed E-state index contributed by atoms with van der Waals surface area (Å²) in [5.74, 6) is 0.492. The van der Waals surface area contributed by atoms with E-state index in [1.54, 1.807) is 7.11 Å². The zero-order valence-electron chi connectivity index (χ0n) is 11.9. The number of hydrogen-bond donors (Lipinski definition) is 1. The van der Waals surface area contributed by atoms with Crippen LogP contribution in [0.5, 0.6) is 5.75 Å². The van der Waals surface area contributed by atoms with Crippen molar-refractivity contribution in [3.63, 3.8) is 0 Å². The Hall–Kier alpha value is -1.10. The zero-order chi connectivity index (χ0) is 13.9. The molecule has 0 atom stereocenters. The molecule has 0 aliphatic carbocycles. The summed E-state index contributed by atoms with van der Waals surface area (Å²) in [5.41, 5.74) is 7.91. The fourth-order valence-electron chi connectivity index (χ4n) is 2.46. The summed E-state index contributed by atoms with van der Waals surface area (Å²) in [7, 11) is 1.67. The first-order chi connectivity index (χ1) is 9.13. The van der Waals surface area contributed by atoms with Crippen molar-refractivity contribution in [2.45, 2.75) is 32.0 Å². The van der Waals surface area contributed by atoms with Gasteiger partial charge in [0.25, 0.3) is 0 Å². The molecule has 1 aliphatic rings. The van der Waals surface area contributed by atoms with Gasteiger partial charge >= 0.3 is 0 Å². The molecule has 1 heterocycles. The summed E-state index contributed by atoms with van der Waals surface area (Å²) in [6.07, 6.45) is 0.630. The van der Waals surface area contributed by atoms with Crippen LogP contribution in [0.15, 0.2) is 18.2 Å². The maximum atomic E-state index is 5.86. The maximum absolute atomic E-state index is 5.86. The molecule has 0 amide bonds. The second-order valence-electron chi connectivity index (χ2n) is 5.10. The number of ether oxygens (including phenoxy) is 3. The number of rotatable bonds is 5. The van der Waals surface area contributed by atoms with Crippen molar-refractivity contribution in [3.05, 3.63) is 29.3 Å². The Balaban J connectivity index is 2.47. The minimum atomic E-state index is -0.745. The Bertz CT molecular complexity index is 425. The molecule has 2 N–H and O–H groups in total. The van der Waals surface area contributed by atoms with Gasteiger partial charge in [-0.1, -0.05) is 19.9 Å². The Morgan fingerprint density at radius 3 is 2.53 bits per heavy atom. The second-order valence-corrected chi connectivity index (χ2v) is 5.10. The van der Waals surface area contributed by atoms with Crippen molar-refractivity contribution in [1.82, 2.24) is 0 Å². The lowest BCUT2D eigenvalue weighted by Gasteiger charge is -2.29. The van der Waals surface area contributed by atoms with Crippen LogP contribution in [0, 0.1) is 0 Å². The fraction of sp³-hybridized carbons (Fsp3) is 0.600. The first-order valence-corrected chi connectivity index (χ1v) is 6.79. The van der Waals surface area contributed by atoms with E-state index in [1.807, 2.05) is 6.07 Å². The lowest BCUT2D eigenvalue weighted by molar-refractivity contribution is -0.169. The molecule has 0 saturated carbocycles. The van der Waals surface area contributed by atoms with Gasteiger partial charge in [-0.3, -0.25) is 0 Å². The van der Waals surface area contributed by atoms with Gasteiger partial charge in [-0.25, -0.2) is 0 Å². The fourth-order valence-corrected chi connectivity index (χ4v) is 2.46. The van der Waals surface area contributed by atoms with Gasteiger partial charge in [0.05, 0.1) is 25.9 Å². The van der Waals surface area contributed by atoms with Gasteiger partial charge in [0.2, 0.25) is 0 Å². The smallest absolute Gasteiger partial charge is 0.199 e. The first-order valence-electron chi connectivity index (χ1n) is 6.79. The van der Waals surface area contributed by atoms with Gasteiger partial charge in [0.1, 0.15) is 5.75 Å². The third kappa shape index (κ3) is 2.76. The van der Waals surface area contributed by atoms with Crippen LogP contribution in [-0.2, 0) is 15.3 Å². The molecule has 19 heavy (non-hydrogen) atoms. The predicted molar refractivity (Wildman–Crippen MR) is 74.3 cm³/mol. The van der Waals surface area contributed by atoms with Crippen molar-refractivity contribution >= 4 is 0 Å². The monoisotopic (exact) mass is 265 g/mol. The lowest BCUT2D eigenvalue weighted by Crippen LogP contribution is -2.31. The van der Waals surface area contributed by atoms with Crippen LogP contribution in [0.4, 0.5) is 0 Å². The number of nitrogens with two attached hydrogens (primary N) is 1. The Kier molecular flexibility index (Phi) is 4.45. The predicted octanol–water partition coefficient (Wildman–Crippen LogP) is 2.37. The van der Waals surface area contributed by atoms with Crippen LogP contribution in [0.3, 0.4) is 0 Å². The molecule has 4 heteroatoms. The number of hydrogen-bond acceptors (Lipinski definition) is 4. The van der Waals surface area contributed by atoms with Gasteiger partial charge in [0, 0.05) is 6.42 Å². The maximum Gasteiger partial charge on any atom is 0.199 e. The van der Waals surface area contributed by atoms with Gasteiger partial charge in [-0.15, -0.1) is 0 Å². The second kappa shape index (κ2) is 5.90. The molecule has 0 spiro atoms. The molecule has 0 aromatic heterocycles. The molecule has 0 radical (unpaired) electrons. The van der Waals surface area contributed by atoms with E-state index in [0.717, 1.165) is 11.3 Å². The average molecular weight is 265 g/mol. The molecule has 1 aromatic rings. The van der Waals surface area contributed by atoms with Crippen LogP contribution in [0.25, 0.3) is 0 Å². The largest absolute Gasteiger partial charge is 0.496 e. The SMILES string of the molecule is COc1ccc(C(C)C)cc1C1(CCN)OCCO1. The highest BCUT2D eigenvalue weighted by atomic mass is 16.7. The quantitative estimate of drug-likeness (QED) is 0.888. The standard InChI is InChI=1S/C15H23NO3/c1-11(2)12-4-5-14(17-3)13(10-12)15(6-7-16)18-8-9-19-15/h4-5,10-11H,6-9,16H2,1-3H3. The normalized spacial score (nSPS) is 17.9. The van der Waals surface area contributed by atoms with E-state index in [2.05, 4.69) is 26.0 Å². The Morgan fingerprint density at radius 1 is 1.32 bits per heavy atom. The van der Waals surface area contributed by atoms with Crippen molar-refractivity contribution in [3.8, 4) is 5.75 Å². The topological polar surface area (TPSA) is 53.7 Å². The molecule has 1 aromatic carbocycles. The summed E-state index contributed by atoms with van der Waals surface area (Å²) in [4.78, 5) is 0. The van der Waals surface area contributed by atoms with E-state index < -0.39 is 5.79 Å². The van der Waals surface area contributed by atoms with E-state index in [1.165, 1.54) is 5.56 Å². The van der Waals surface area contributed by atoms with Crippen molar-refractivity contribution in [1.29, 1.82) is 0 Å². The van der Waals surface area contributed by atoms with Gasteiger partial charge in [-0.05, 0) is 30.2 Å². The van der Waals surface area contributed by atoms with Crippen molar-refractivity contribution < 1.29 is 14.2 Å². The van der Waals surface area contributed by atoms with Crippen LogP contribution >= 0.6 is 0 Å².